The number of rotatable bonds is 10. The molecule has 0 spiro atoms. The minimum Gasteiger partial charge on any atom is -0.496 e. The molecule has 0 saturated carbocycles. The fourth-order valence-electron chi connectivity index (χ4n) is 5.88. The number of amides is 1. The first kappa shape index (κ1) is 28.8. The van der Waals surface area contributed by atoms with Crippen LogP contribution < -0.4 is 15.6 Å². The molecule has 1 aromatic carbocycles. The van der Waals surface area contributed by atoms with Gasteiger partial charge in [0.2, 0.25) is 0 Å². The normalized spacial score (nSPS) is 16.0. The van der Waals surface area contributed by atoms with E-state index < -0.39 is 12.5 Å². The van der Waals surface area contributed by atoms with Gasteiger partial charge in [0.25, 0.3) is 17.4 Å². The number of methoxy groups -OCH3 is 2. The summed E-state index contributed by atoms with van der Waals surface area (Å²) in [5.74, 6) is -2.43. The number of ether oxygens (including phenoxy) is 2. The van der Waals surface area contributed by atoms with Gasteiger partial charge < -0.3 is 24.3 Å². The molecule has 10 heteroatoms. The Bertz CT molecular complexity index is 1380. The van der Waals surface area contributed by atoms with Crippen LogP contribution in [0.2, 0.25) is 0 Å². The summed E-state index contributed by atoms with van der Waals surface area (Å²) in [5, 5.41) is 3.75. The molecule has 1 saturated heterocycles. The van der Waals surface area contributed by atoms with Crippen molar-refractivity contribution in [3.8, 4) is 5.75 Å². The number of nitrogens with zero attached hydrogens (tertiary/aromatic N) is 2. The van der Waals surface area contributed by atoms with Crippen LogP contribution in [0, 0.1) is 19.8 Å². The third-order valence-corrected chi connectivity index (χ3v) is 7.79. The molecule has 3 aromatic rings. The first-order chi connectivity index (χ1) is 18.6. The van der Waals surface area contributed by atoms with E-state index >= 15 is 0 Å². The van der Waals surface area contributed by atoms with Crippen molar-refractivity contribution < 1.29 is 23.0 Å². The van der Waals surface area contributed by atoms with Gasteiger partial charge in [0.05, 0.1) is 31.3 Å². The van der Waals surface area contributed by atoms with Crippen molar-refractivity contribution in [3.63, 3.8) is 0 Å². The molecule has 0 radical (unpaired) electrons. The number of hydrogen-bond donors (Lipinski definition) is 2. The molecule has 2 N–H and O–H groups in total. The van der Waals surface area contributed by atoms with Gasteiger partial charge in [-0.15, -0.1) is 0 Å². The van der Waals surface area contributed by atoms with E-state index in [1.165, 1.54) is 14.2 Å². The highest BCUT2D eigenvalue weighted by Crippen LogP contribution is 2.36. The first-order valence-electron chi connectivity index (χ1n) is 13.3. The van der Waals surface area contributed by atoms with Gasteiger partial charge in [0.15, 0.2) is 0 Å². The van der Waals surface area contributed by atoms with Gasteiger partial charge in [-0.3, -0.25) is 14.5 Å². The fourth-order valence-corrected chi connectivity index (χ4v) is 5.88. The Kier molecular flexibility index (Phi) is 8.76. The number of hydrogen-bond acceptors (Lipinski definition) is 5. The molecule has 2 aromatic heterocycles. The second kappa shape index (κ2) is 11.9. The summed E-state index contributed by atoms with van der Waals surface area (Å²) in [6.07, 6.45) is 1.57. The van der Waals surface area contributed by atoms with Gasteiger partial charge in [-0.1, -0.05) is 18.2 Å². The Hall–Kier alpha value is -3.24. The predicted octanol–water partition coefficient (Wildman–Crippen LogP) is 4.44. The lowest BCUT2D eigenvalue weighted by atomic mass is 9.89. The highest BCUT2D eigenvalue weighted by molar-refractivity contribution is 6.08. The van der Waals surface area contributed by atoms with Crippen LogP contribution >= 0.6 is 0 Å². The van der Waals surface area contributed by atoms with Crippen molar-refractivity contribution >= 4 is 16.8 Å². The molecular weight excluding hydrogens is 506 g/mol. The van der Waals surface area contributed by atoms with Crippen molar-refractivity contribution in [3.05, 3.63) is 63.2 Å². The second-order valence-electron chi connectivity index (χ2n) is 10.5. The molecule has 1 atom stereocenters. The maximum Gasteiger partial charge on any atom is 0.283 e. The summed E-state index contributed by atoms with van der Waals surface area (Å²) in [7, 11) is 2.79. The molecule has 0 bridgehead atoms. The number of fused-ring (bicyclic) bond motifs is 1. The first-order valence-corrected chi connectivity index (χ1v) is 13.3. The smallest absolute Gasteiger partial charge is 0.283 e. The molecule has 1 aliphatic rings. The van der Waals surface area contributed by atoms with Crippen LogP contribution in [0.5, 0.6) is 5.75 Å². The van der Waals surface area contributed by atoms with Crippen LogP contribution in [0.25, 0.3) is 10.9 Å². The lowest BCUT2D eigenvalue weighted by Gasteiger charge is -2.37. The van der Waals surface area contributed by atoms with Crippen molar-refractivity contribution in [2.75, 3.05) is 40.5 Å². The molecule has 0 aliphatic carbocycles. The van der Waals surface area contributed by atoms with Crippen molar-refractivity contribution in [2.45, 2.75) is 52.1 Å². The number of H-pyrrole nitrogens is 1. The third-order valence-electron chi connectivity index (χ3n) is 7.79. The minimum atomic E-state index is -2.86. The number of para-hydroxylation sites is 1. The van der Waals surface area contributed by atoms with Gasteiger partial charge >= 0.3 is 0 Å². The average molecular weight is 545 g/mol. The lowest BCUT2D eigenvalue weighted by Crippen LogP contribution is -2.44. The molecule has 1 fully saturated rings. The van der Waals surface area contributed by atoms with Gasteiger partial charge in [0, 0.05) is 35.4 Å². The SMILES string of the molecule is COCC(F)(F)CN1CCC([C@@H](C)n2c(C)c(C(=O)NCc3c(OC)cc(C)[nH]c3=O)c3ccccc32)CC1. The van der Waals surface area contributed by atoms with Crippen molar-refractivity contribution in [2.24, 2.45) is 5.92 Å². The van der Waals surface area contributed by atoms with Crippen LogP contribution in [0.4, 0.5) is 8.78 Å². The summed E-state index contributed by atoms with van der Waals surface area (Å²) < 4.78 is 40.3. The molecule has 3 heterocycles. The van der Waals surface area contributed by atoms with Gasteiger partial charge in [0.1, 0.15) is 12.4 Å². The lowest BCUT2D eigenvalue weighted by molar-refractivity contribution is -0.0884. The monoisotopic (exact) mass is 544 g/mol. The summed E-state index contributed by atoms with van der Waals surface area (Å²) >= 11 is 0. The molecule has 8 nitrogen and oxygen atoms in total. The zero-order chi connectivity index (χ0) is 28.3. The summed E-state index contributed by atoms with van der Waals surface area (Å²) in [6.45, 7) is 6.17. The number of halogens is 2. The molecule has 1 amide bonds. The zero-order valence-corrected chi connectivity index (χ0v) is 23.3. The van der Waals surface area contributed by atoms with Gasteiger partial charge in [-0.25, -0.2) is 8.78 Å². The fraction of sp³-hybridized carbons (Fsp3) is 0.517. The number of aromatic nitrogens is 2. The van der Waals surface area contributed by atoms with Gasteiger partial charge in [-0.05, 0) is 64.8 Å². The van der Waals surface area contributed by atoms with Crippen LogP contribution in [-0.4, -0.2) is 66.7 Å². The van der Waals surface area contributed by atoms with Crippen LogP contribution in [0.3, 0.4) is 0 Å². The zero-order valence-electron chi connectivity index (χ0n) is 23.3. The van der Waals surface area contributed by atoms with Crippen molar-refractivity contribution in [1.29, 1.82) is 0 Å². The Morgan fingerprint density at radius 2 is 1.90 bits per heavy atom. The molecule has 1 aliphatic heterocycles. The van der Waals surface area contributed by atoms with Crippen LogP contribution in [0.15, 0.2) is 35.1 Å². The number of alkyl halides is 2. The Balaban J connectivity index is 1.54. The molecule has 39 heavy (non-hydrogen) atoms. The molecule has 4 rings (SSSR count). The average Bonchev–Trinajstić information content (AvgIpc) is 3.19. The van der Waals surface area contributed by atoms with E-state index in [1.54, 1.807) is 13.0 Å². The Morgan fingerprint density at radius 3 is 2.56 bits per heavy atom. The summed E-state index contributed by atoms with van der Waals surface area (Å²) in [6, 6.07) is 9.58. The number of aromatic amines is 1. The topological polar surface area (TPSA) is 88.6 Å². The Morgan fingerprint density at radius 1 is 1.21 bits per heavy atom. The van der Waals surface area contributed by atoms with E-state index in [1.807, 2.05) is 36.1 Å². The molecule has 212 valence electrons. The minimum absolute atomic E-state index is 0.0261. The largest absolute Gasteiger partial charge is 0.496 e. The number of likely N-dealkylation sites (tertiary alicyclic amines) is 1. The van der Waals surface area contributed by atoms with Gasteiger partial charge in [-0.2, -0.15) is 0 Å². The van der Waals surface area contributed by atoms with E-state index in [9.17, 15) is 18.4 Å². The summed E-state index contributed by atoms with van der Waals surface area (Å²) in [4.78, 5) is 30.6. The predicted molar refractivity (Wildman–Crippen MR) is 147 cm³/mol. The molecule has 0 unspecified atom stereocenters. The standard InChI is InChI=1S/C29H38F2N4O4/c1-18-14-25(39-5)23(27(36)33-18)15-32-28(37)26-20(3)35(24-9-7-6-8-22(24)26)19(2)21-10-12-34(13-11-21)16-29(30,31)17-38-4/h6-9,14,19,21H,10-13,15-17H2,1-5H3,(H,32,37)(H,33,36)/t19-/m1/s1. The van der Waals surface area contributed by atoms with E-state index in [0.717, 1.165) is 29.4 Å². The number of pyridine rings is 1. The van der Waals surface area contributed by atoms with E-state index in [4.69, 9.17) is 4.74 Å². The third kappa shape index (κ3) is 6.17. The highest BCUT2D eigenvalue weighted by atomic mass is 19.3. The number of aryl methyl sites for hydroxylation is 1. The van der Waals surface area contributed by atoms with E-state index in [2.05, 4.69) is 26.5 Å². The van der Waals surface area contributed by atoms with E-state index in [-0.39, 0.29) is 36.5 Å². The number of piperidine rings is 1. The van der Waals surface area contributed by atoms with Crippen LogP contribution in [-0.2, 0) is 11.3 Å². The highest BCUT2D eigenvalue weighted by Gasteiger charge is 2.35. The maximum atomic E-state index is 14.1. The Labute approximate surface area is 227 Å². The second-order valence-corrected chi connectivity index (χ2v) is 10.5. The number of carbonyl (C=O) groups is 1. The maximum absolute atomic E-state index is 14.1. The molecular formula is C29H38F2N4O4. The summed E-state index contributed by atoms with van der Waals surface area (Å²) in [5.41, 5.74) is 3.08. The number of nitrogens with one attached hydrogen (secondary N) is 2. The van der Waals surface area contributed by atoms with Crippen LogP contribution in [0.1, 0.15) is 53.1 Å². The van der Waals surface area contributed by atoms with Crippen molar-refractivity contribution in [1.82, 2.24) is 19.8 Å². The number of carbonyl (C=O) groups excluding carboxylic acids is 1. The quantitative estimate of drug-likeness (QED) is 0.394. The van der Waals surface area contributed by atoms with E-state index in [0.29, 0.717) is 35.7 Å². The number of benzene rings is 1.